The first-order valence-electron chi connectivity index (χ1n) is 5.70. The van der Waals surface area contributed by atoms with Gasteiger partial charge in [0, 0.05) is 11.5 Å². The van der Waals surface area contributed by atoms with Gasteiger partial charge in [-0.1, -0.05) is 23.2 Å². The minimum Gasteiger partial charge on any atom is -0.409 e. The minimum absolute atomic E-state index is 0.000280. The fourth-order valence-corrected chi connectivity index (χ4v) is 1.97. The Labute approximate surface area is 110 Å². The van der Waals surface area contributed by atoms with Crippen LogP contribution in [-0.2, 0) is 4.79 Å². The summed E-state index contributed by atoms with van der Waals surface area (Å²) in [5.74, 6) is 0.0817. The molecule has 1 amide bonds. The molecule has 4 N–H and O–H groups in total. The maximum absolute atomic E-state index is 11.8. The van der Waals surface area contributed by atoms with Crippen molar-refractivity contribution in [1.82, 2.24) is 0 Å². The van der Waals surface area contributed by atoms with Gasteiger partial charge in [-0.15, -0.1) is 0 Å². The average molecular weight is 268 g/mol. The van der Waals surface area contributed by atoms with E-state index < -0.39 is 0 Å². The Morgan fingerprint density at radius 2 is 2.22 bits per heavy atom. The lowest BCUT2D eigenvalue weighted by atomic mass is 9.85. The number of nitrogens with zero attached hydrogens (tertiary/aromatic N) is 1. The fraction of sp³-hybridized carbons (Fsp3) is 0.333. The van der Waals surface area contributed by atoms with Gasteiger partial charge in [0.25, 0.3) is 0 Å². The van der Waals surface area contributed by atoms with Gasteiger partial charge in [0.05, 0.1) is 10.7 Å². The summed E-state index contributed by atoms with van der Waals surface area (Å²) in [7, 11) is 0. The predicted molar refractivity (Wildman–Crippen MR) is 69.9 cm³/mol. The van der Waals surface area contributed by atoms with Gasteiger partial charge < -0.3 is 16.3 Å². The van der Waals surface area contributed by atoms with E-state index in [2.05, 4.69) is 10.5 Å². The number of carbonyl (C=O) groups is 1. The van der Waals surface area contributed by atoms with Crippen molar-refractivity contribution in [3.63, 3.8) is 0 Å². The molecule has 1 fully saturated rings. The van der Waals surface area contributed by atoms with Gasteiger partial charge in [0.1, 0.15) is 0 Å². The van der Waals surface area contributed by atoms with Crippen LogP contribution in [0.1, 0.15) is 24.8 Å². The summed E-state index contributed by atoms with van der Waals surface area (Å²) in [5, 5.41) is 14.6. The zero-order valence-corrected chi connectivity index (χ0v) is 10.4. The van der Waals surface area contributed by atoms with E-state index in [0.717, 1.165) is 19.3 Å². The molecule has 0 saturated heterocycles. The zero-order chi connectivity index (χ0) is 13.1. The third-order valence-electron chi connectivity index (χ3n) is 3.11. The molecule has 2 rings (SSSR count). The molecule has 1 aliphatic carbocycles. The molecule has 0 bridgehead atoms. The molecule has 0 aromatic heterocycles. The van der Waals surface area contributed by atoms with Crippen LogP contribution >= 0.6 is 11.6 Å². The fourth-order valence-electron chi connectivity index (χ4n) is 1.74. The molecule has 0 unspecified atom stereocenters. The van der Waals surface area contributed by atoms with Gasteiger partial charge in [-0.2, -0.15) is 0 Å². The lowest BCUT2D eigenvalue weighted by Gasteiger charge is -2.24. The highest BCUT2D eigenvalue weighted by molar-refractivity contribution is 6.34. The van der Waals surface area contributed by atoms with E-state index in [0.29, 0.717) is 16.3 Å². The number of hydrogen-bond donors (Lipinski definition) is 3. The first kappa shape index (κ1) is 12.7. The van der Waals surface area contributed by atoms with Crippen molar-refractivity contribution in [2.75, 3.05) is 5.32 Å². The van der Waals surface area contributed by atoms with Crippen molar-refractivity contribution < 1.29 is 10.0 Å². The zero-order valence-electron chi connectivity index (χ0n) is 9.69. The van der Waals surface area contributed by atoms with Crippen LogP contribution in [0, 0.1) is 5.92 Å². The molecule has 0 aliphatic heterocycles. The monoisotopic (exact) mass is 267 g/mol. The number of rotatable bonds is 3. The van der Waals surface area contributed by atoms with Crippen molar-refractivity contribution in [2.24, 2.45) is 16.8 Å². The molecule has 1 aromatic carbocycles. The summed E-state index contributed by atoms with van der Waals surface area (Å²) in [6.07, 6.45) is 2.98. The third-order valence-corrected chi connectivity index (χ3v) is 3.42. The van der Waals surface area contributed by atoms with Crippen LogP contribution in [0.4, 0.5) is 5.69 Å². The molecule has 1 aliphatic rings. The van der Waals surface area contributed by atoms with Crippen molar-refractivity contribution in [3.8, 4) is 0 Å². The highest BCUT2D eigenvalue weighted by Crippen LogP contribution is 2.29. The molecule has 18 heavy (non-hydrogen) atoms. The molecule has 6 heteroatoms. The molecule has 0 radical (unpaired) electrons. The van der Waals surface area contributed by atoms with Gasteiger partial charge in [0.15, 0.2) is 5.84 Å². The number of nitrogens with one attached hydrogen (secondary N) is 1. The first-order chi connectivity index (χ1) is 8.61. The maximum Gasteiger partial charge on any atom is 0.227 e. The molecule has 5 nitrogen and oxygen atoms in total. The standard InChI is InChI=1S/C12H14ClN3O2/c13-9-6-8(11(14)16-18)4-5-10(9)15-12(17)7-2-1-3-7/h4-7,18H,1-3H2,(H2,14,16)(H,15,17). The third kappa shape index (κ3) is 2.56. The van der Waals surface area contributed by atoms with Gasteiger partial charge in [0.2, 0.25) is 5.91 Å². The number of amidine groups is 1. The van der Waals surface area contributed by atoms with E-state index >= 15 is 0 Å². The maximum atomic E-state index is 11.8. The van der Waals surface area contributed by atoms with Crippen molar-refractivity contribution >= 4 is 29.0 Å². The second-order valence-corrected chi connectivity index (χ2v) is 4.70. The largest absolute Gasteiger partial charge is 0.409 e. The molecule has 0 heterocycles. The van der Waals surface area contributed by atoms with Crippen LogP contribution in [0.25, 0.3) is 0 Å². The Bertz CT molecular complexity index is 498. The molecular weight excluding hydrogens is 254 g/mol. The summed E-state index contributed by atoms with van der Waals surface area (Å²) >= 11 is 6.03. The predicted octanol–water partition coefficient (Wildman–Crippen LogP) is 2.17. The second kappa shape index (κ2) is 5.27. The van der Waals surface area contributed by atoms with E-state index in [9.17, 15) is 4.79 Å². The quantitative estimate of drug-likeness (QED) is 0.339. The van der Waals surface area contributed by atoms with Crippen molar-refractivity contribution in [1.29, 1.82) is 0 Å². The summed E-state index contributed by atoms with van der Waals surface area (Å²) in [4.78, 5) is 11.8. The first-order valence-corrected chi connectivity index (χ1v) is 6.08. The van der Waals surface area contributed by atoms with Gasteiger partial charge in [-0.05, 0) is 31.0 Å². The number of hydrogen-bond acceptors (Lipinski definition) is 3. The van der Waals surface area contributed by atoms with Crippen LogP contribution in [0.3, 0.4) is 0 Å². The lowest BCUT2D eigenvalue weighted by Crippen LogP contribution is -2.28. The van der Waals surface area contributed by atoms with Crippen LogP contribution in [0.5, 0.6) is 0 Å². The Morgan fingerprint density at radius 3 is 2.72 bits per heavy atom. The summed E-state index contributed by atoms with van der Waals surface area (Å²) in [6.45, 7) is 0. The van der Waals surface area contributed by atoms with E-state index in [4.69, 9.17) is 22.5 Å². The number of halogens is 1. The van der Waals surface area contributed by atoms with Crippen molar-refractivity contribution in [2.45, 2.75) is 19.3 Å². The number of anilines is 1. The van der Waals surface area contributed by atoms with Crippen molar-refractivity contribution in [3.05, 3.63) is 28.8 Å². The number of amides is 1. The lowest BCUT2D eigenvalue weighted by molar-refractivity contribution is -0.122. The van der Waals surface area contributed by atoms with Gasteiger partial charge in [-0.3, -0.25) is 4.79 Å². The highest BCUT2D eigenvalue weighted by atomic mass is 35.5. The molecular formula is C12H14ClN3O2. The SMILES string of the molecule is N/C(=N/O)c1ccc(NC(=O)C2CCC2)c(Cl)c1. The van der Waals surface area contributed by atoms with E-state index in [1.807, 2.05) is 0 Å². The molecule has 1 saturated carbocycles. The molecule has 96 valence electrons. The summed E-state index contributed by atoms with van der Waals surface area (Å²) < 4.78 is 0. The number of nitrogens with two attached hydrogens (primary N) is 1. The number of oxime groups is 1. The highest BCUT2D eigenvalue weighted by Gasteiger charge is 2.25. The van der Waals surface area contributed by atoms with Crippen LogP contribution < -0.4 is 11.1 Å². The molecule has 0 atom stereocenters. The van der Waals surface area contributed by atoms with Gasteiger partial charge >= 0.3 is 0 Å². The number of benzene rings is 1. The topological polar surface area (TPSA) is 87.7 Å². The van der Waals surface area contributed by atoms with E-state index in [1.165, 1.54) is 0 Å². The Kier molecular flexibility index (Phi) is 3.72. The van der Waals surface area contributed by atoms with Gasteiger partial charge in [-0.25, -0.2) is 0 Å². The van der Waals surface area contributed by atoms with Crippen LogP contribution in [-0.4, -0.2) is 17.0 Å². The number of carbonyl (C=O) groups excluding carboxylic acids is 1. The van der Waals surface area contributed by atoms with E-state index in [1.54, 1.807) is 18.2 Å². The molecule has 0 spiro atoms. The van der Waals surface area contributed by atoms with Crippen LogP contribution in [0.2, 0.25) is 5.02 Å². The summed E-state index contributed by atoms with van der Waals surface area (Å²) in [6, 6.07) is 4.83. The Balaban J connectivity index is 2.12. The minimum atomic E-state index is -0.0197. The Morgan fingerprint density at radius 1 is 1.50 bits per heavy atom. The summed E-state index contributed by atoms with van der Waals surface area (Å²) in [5.41, 5.74) is 6.50. The average Bonchev–Trinajstić information content (AvgIpc) is 2.28. The smallest absolute Gasteiger partial charge is 0.227 e. The van der Waals surface area contributed by atoms with Crippen LogP contribution in [0.15, 0.2) is 23.4 Å². The normalized spacial score (nSPS) is 16.2. The Hall–Kier alpha value is -1.75. The molecule has 1 aromatic rings. The second-order valence-electron chi connectivity index (χ2n) is 4.30. The van der Waals surface area contributed by atoms with E-state index in [-0.39, 0.29) is 17.7 Å².